The van der Waals surface area contributed by atoms with Crippen molar-refractivity contribution in [1.82, 2.24) is 5.32 Å². The van der Waals surface area contributed by atoms with Crippen LogP contribution in [0.25, 0.3) is 0 Å². The molecule has 1 aliphatic heterocycles. The van der Waals surface area contributed by atoms with E-state index in [0.717, 1.165) is 17.8 Å². The highest BCUT2D eigenvalue weighted by molar-refractivity contribution is 7.85. The molecule has 0 saturated carbocycles. The number of benzene rings is 1. The summed E-state index contributed by atoms with van der Waals surface area (Å²) in [5.74, 6) is 0.392. The van der Waals surface area contributed by atoms with E-state index < -0.39 is 26.8 Å². The highest BCUT2D eigenvalue weighted by atomic mass is 32.2. The van der Waals surface area contributed by atoms with Crippen LogP contribution in [-0.4, -0.2) is 77.5 Å². The van der Waals surface area contributed by atoms with Crippen LogP contribution in [0.5, 0.6) is 11.5 Å². The smallest absolute Gasteiger partial charge is 0.387 e. The summed E-state index contributed by atoms with van der Waals surface area (Å²) in [7, 11) is -5.95. The summed E-state index contributed by atoms with van der Waals surface area (Å²) >= 11 is 0. The molecule has 0 spiro atoms. The quantitative estimate of drug-likeness (QED) is 0.295. The van der Waals surface area contributed by atoms with Gasteiger partial charge in [0.2, 0.25) is 0 Å². The van der Waals surface area contributed by atoms with Crippen LogP contribution in [0.4, 0.5) is 8.78 Å². The fourth-order valence-corrected chi connectivity index (χ4v) is 2.15. The average Bonchev–Trinajstić information content (AvgIpc) is 3.07. The second kappa shape index (κ2) is 14.1. The van der Waals surface area contributed by atoms with Gasteiger partial charge in [-0.3, -0.25) is 9.11 Å². The molecule has 1 fully saturated rings. The third-order valence-electron chi connectivity index (χ3n) is 3.31. The summed E-state index contributed by atoms with van der Waals surface area (Å²) in [6.07, 6.45) is 1.43. The summed E-state index contributed by atoms with van der Waals surface area (Å²) in [5.41, 5.74) is 7.25. The van der Waals surface area contributed by atoms with E-state index in [1.54, 1.807) is 12.1 Å². The molecule has 2 rings (SSSR count). The maximum atomic E-state index is 12.2. The lowest BCUT2D eigenvalue weighted by atomic mass is 10.1. The third-order valence-corrected chi connectivity index (χ3v) is 3.31. The van der Waals surface area contributed by atoms with Crippen molar-refractivity contribution in [2.45, 2.75) is 13.2 Å². The molecule has 1 unspecified atom stereocenters. The fourth-order valence-electron chi connectivity index (χ4n) is 2.15. The molecule has 1 aliphatic rings. The first-order valence-corrected chi connectivity index (χ1v) is 12.4. The summed E-state index contributed by atoms with van der Waals surface area (Å²) in [6.45, 7) is -0.724. The Hall–Kier alpha value is -2.11. The number of ether oxygens (including phenoxy) is 2. The predicted octanol–water partition coefficient (Wildman–Crippen LogP) is 0.355. The SMILES string of the molecule is COc1cc(CO/N=C2\CNCC2CN)ccc1OC(F)F.CS(=O)(=O)O.CS(=O)(=O)O. The number of alkyl halides is 2. The minimum absolute atomic E-state index is 0.0178. The van der Waals surface area contributed by atoms with Crippen molar-refractivity contribution in [2.75, 3.05) is 39.3 Å². The minimum Gasteiger partial charge on any atom is -0.493 e. The number of nitrogens with zero attached hydrogens (tertiary/aromatic N) is 1. The first-order chi connectivity index (χ1) is 14.6. The van der Waals surface area contributed by atoms with Crippen molar-refractivity contribution in [2.24, 2.45) is 16.8 Å². The van der Waals surface area contributed by atoms with Crippen LogP contribution < -0.4 is 20.5 Å². The Morgan fingerprint density at radius 1 is 1.19 bits per heavy atom. The molecule has 0 amide bonds. The normalized spacial score (nSPS) is 17.2. The number of oxime groups is 1. The molecule has 0 aliphatic carbocycles. The Morgan fingerprint density at radius 2 is 1.75 bits per heavy atom. The van der Waals surface area contributed by atoms with Gasteiger partial charge in [-0.05, 0) is 17.7 Å². The van der Waals surface area contributed by atoms with E-state index in [4.69, 9.17) is 24.4 Å². The number of methoxy groups -OCH3 is 1. The van der Waals surface area contributed by atoms with Gasteiger partial charge in [0.05, 0.1) is 25.3 Å². The Labute approximate surface area is 185 Å². The highest BCUT2D eigenvalue weighted by Crippen LogP contribution is 2.29. The average molecular weight is 508 g/mol. The molecule has 1 aromatic rings. The standard InChI is InChI=1S/C14H19F2N3O3.2CH4O3S/c1-20-13-4-9(2-3-12(13)22-14(15)16)8-21-19-11-7-18-6-10(11)5-17;2*1-5(2,3)4/h2-4,10,14,18H,5-8,17H2,1H3;2*1H3,(H,2,3,4)/b19-11+;;. The number of hydrogen-bond acceptors (Lipinski definition) is 10. The lowest BCUT2D eigenvalue weighted by Crippen LogP contribution is -2.22. The van der Waals surface area contributed by atoms with Gasteiger partial charge in [0, 0.05) is 25.6 Å². The van der Waals surface area contributed by atoms with Gasteiger partial charge < -0.3 is 25.4 Å². The number of hydrogen-bond donors (Lipinski definition) is 4. The molecule has 1 aromatic carbocycles. The van der Waals surface area contributed by atoms with Crippen LogP contribution in [0.3, 0.4) is 0 Å². The summed E-state index contributed by atoms with van der Waals surface area (Å²) < 4.78 is 85.6. The van der Waals surface area contributed by atoms with E-state index in [1.165, 1.54) is 13.2 Å². The van der Waals surface area contributed by atoms with Crippen molar-refractivity contribution >= 4 is 25.9 Å². The van der Waals surface area contributed by atoms with Gasteiger partial charge in [-0.15, -0.1) is 0 Å². The van der Waals surface area contributed by atoms with E-state index in [2.05, 4.69) is 15.2 Å². The molecule has 12 nitrogen and oxygen atoms in total. The van der Waals surface area contributed by atoms with Gasteiger partial charge in [-0.1, -0.05) is 11.2 Å². The molecule has 1 saturated heterocycles. The zero-order valence-corrected chi connectivity index (χ0v) is 19.2. The number of nitrogens with one attached hydrogen (secondary N) is 1. The van der Waals surface area contributed by atoms with E-state index in [9.17, 15) is 25.6 Å². The number of nitrogens with two attached hydrogens (primary N) is 1. The maximum Gasteiger partial charge on any atom is 0.387 e. The molecule has 16 heteroatoms. The maximum absolute atomic E-state index is 12.2. The Bertz CT molecular complexity index is 896. The molecule has 186 valence electrons. The van der Waals surface area contributed by atoms with Crippen LogP contribution in [0.15, 0.2) is 23.4 Å². The van der Waals surface area contributed by atoms with Gasteiger partial charge >= 0.3 is 6.61 Å². The van der Waals surface area contributed by atoms with E-state index in [-0.39, 0.29) is 24.0 Å². The number of halogens is 2. The van der Waals surface area contributed by atoms with Crippen molar-refractivity contribution in [3.05, 3.63) is 23.8 Å². The molecular weight excluding hydrogens is 480 g/mol. The molecule has 5 N–H and O–H groups in total. The van der Waals surface area contributed by atoms with E-state index >= 15 is 0 Å². The second-order valence-electron chi connectivity index (χ2n) is 6.25. The summed E-state index contributed by atoms with van der Waals surface area (Å²) in [6, 6.07) is 4.61. The third kappa shape index (κ3) is 16.6. The minimum atomic E-state index is -3.67. The Morgan fingerprint density at radius 3 is 2.22 bits per heavy atom. The lowest BCUT2D eigenvalue weighted by molar-refractivity contribution is -0.0512. The number of rotatable bonds is 7. The molecule has 0 radical (unpaired) electrons. The Balaban J connectivity index is 0.000000805. The topological polar surface area (TPSA) is 187 Å². The molecule has 1 heterocycles. The van der Waals surface area contributed by atoms with Gasteiger partial charge in [0.15, 0.2) is 11.5 Å². The van der Waals surface area contributed by atoms with Crippen LogP contribution in [0, 0.1) is 5.92 Å². The van der Waals surface area contributed by atoms with Crippen molar-refractivity contribution in [1.29, 1.82) is 0 Å². The molecule has 0 bridgehead atoms. The first kappa shape index (κ1) is 29.9. The van der Waals surface area contributed by atoms with Crippen LogP contribution >= 0.6 is 0 Å². The van der Waals surface area contributed by atoms with Gasteiger partial charge in [0.25, 0.3) is 20.2 Å². The molecular formula is C16H27F2N3O9S2. The lowest BCUT2D eigenvalue weighted by Gasteiger charge is -2.11. The van der Waals surface area contributed by atoms with Crippen LogP contribution in [0.1, 0.15) is 5.56 Å². The van der Waals surface area contributed by atoms with Crippen molar-refractivity contribution in [3.63, 3.8) is 0 Å². The van der Waals surface area contributed by atoms with Crippen LogP contribution in [-0.2, 0) is 31.7 Å². The molecule has 1 atom stereocenters. The zero-order chi connectivity index (χ0) is 24.9. The van der Waals surface area contributed by atoms with Gasteiger partial charge in [-0.2, -0.15) is 25.6 Å². The fraction of sp³-hybridized carbons (Fsp3) is 0.562. The largest absolute Gasteiger partial charge is 0.493 e. The molecule has 32 heavy (non-hydrogen) atoms. The van der Waals surface area contributed by atoms with E-state index in [1.807, 2.05) is 0 Å². The van der Waals surface area contributed by atoms with Crippen molar-refractivity contribution in [3.8, 4) is 11.5 Å². The summed E-state index contributed by atoms with van der Waals surface area (Å²) in [4.78, 5) is 5.30. The summed E-state index contributed by atoms with van der Waals surface area (Å²) in [5, 5.41) is 7.25. The second-order valence-corrected chi connectivity index (χ2v) is 9.18. The zero-order valence-electron chi connectivity index (χ0n) is 17.6. The molecule has 0 aromatic heterocycles. The first-order valence-electron chi connectivity index (χ1n) is 8.70. The van der Waals surface area contributed by atoms with Gasteiger partial charge in [0.1, 0.15) is 6.61 Å². The predicted molar refractivity (Wildman–Crippen MR) is 112 cm³/mol. The highest BCUT2D eigenvalue weighted by Gasteiger charge is 2.21. The monoisotopic (exact) mass is 507 g/mol. The van der Waals surface area contributed by atoms with Crippen molar-refractivity contribution < 1.29 is 49.0 Å². The van der Waals surface area contributed by atoms with Crippen LogP contribution in [0.2, 0.25) is 0 Å². The van der Waals surface area contributed by atoms with E-state index in [0.29, 0.717) is 25.6 Å². The Kier molecular flexibility index (Phi) is 13.2. The van der Waals surface area contributed by atoms with Gasteiger partial charge in [-0.25, -0.2) is 0 Å².